The van der Waals surface area contributed by atoms with Gasteiger partial charge in [-0.05, 0) is 43.7 Å². The number of carbonyl (C=O) groups excluding carboxylic acids is 1. The summed E-state index contributed by atoms with van der Waals surface area (Å²) in [6.07, 6.45) is 2.01. The van der Waals surface area contributed by atoms with Gasteiger partial charge < -0.3 is 24.3 Å². The van der Waals surface area contributed by atoms with Crippen LogP contribution in [0.1, 0.15) is 37.0 Å². The van der Waals surface area contributed by atoms with Gasteiger partial charge in [-0.3, -0.25) is 4.79 Å². The molecule has 0 heterocycles. The maximum Gasteiger partial charge on any atom is 0.255 e. The van der Waals surface area contributed by atoms with Crippen molar-refractivity contribution in [2.75, 3.05) is 32.8 Å². The van der Waals surface area contributed by atoms with E-state index in [1.165, 1.54) is 0 Å². The van der Waals surface area contributed by atoms with Gasteiger partial charge in [-0.2, -0.15) is 0 Å². The topological polar surface area (TPSA) is 66.0 Å². The molecule has 0 fully saturated rings. The molecule has 0 unspecified atom stereocenters. The van der Waals surface area contributed by atoms with Gasteiger partial charge in [0.2, 0.25) is 0 Å². The van der Waals surface area contributed by atoms with Crippen molar-refractivity contribution in [2.24, 2.45) is 0 Å². The lowest BCUT2D eigenvalue weighted by Gasteiger charge is -2.14. The number of ether oxygens (including phenoxy) is 4. The van der Waals surface area contributed by atoms with Crippen LogP contribution in [0.2, 0.25) is 0 Å². The highest BCUT2D eigenvalue weighted by molar-refractivity contribution is 6.05. The molecule has 0 radical (unpaired) electrons. The van der Waals surface area contributed by atoms with Crippen molar-refractivity contribution in [3.63, 3.8) is 0 Å². The van der Waals surface area contributed by atoms with Crippen LogP contribution in [0, 0.1) is 0 Å². The first kappa shape index (κ1) is 20.4. The predicted octanol–water partition coefficient (Wildman–Crippen LogP) is 4.53. The molecule has 2 aromatic carbocycles. The monoisotopic (exact) mass is 373 g/mol. The van der Waals surface area contributed by atoms with E-state index in [1.54, 1.807) is 50.6 Å². The first-order valence-electron chi connectivity index (χ1n) is 9.05. The van der Waals surface area contributed by atoms with E-state index in [1.807, 2.05) is 6.92 Å². The van der Waals surface area contributed by atoms with Gasteiger partial charge in [0.25, 0.3) is 5.91 Å². The lowest BCUT2D eigenvalue weighted by Crippen LogP contribution is -2.13. The SMILES string of the molecule is CCCCOc1ccc(C(=O)Nc2cc(OC)ccc2OC)cc1OCC. The second kappa shape index (κ2) is 10.3. The van der Waals surface area contributed by atoms with Crippen LogP contribution in [-0.2, 0) is 0 Å². The summed E-state index contributed by atoms with van der Waals surface area (Å²) >= 11 is 0. The van der Waals surface area contributed by atoms with Crippen LogP contribution in [-0.4, -0.2) is 33.3 Å². The summed E-state index contributed by atoms with van der Waals surface area (Å²) in [4.78, 5) is 12.7. The Bertz CT molecular complexity index is 760. The van der Waals surface area contributed by atoms with Crippen molar-refractivity contribution in [1.29, 1.82) is 0 Å². The molecule has 1 amide bonds. The van der Waals surface area contributed by atoms with E-state index in [9.17, 15) is 4.79 Å². The van der Waals surface area contributed by atoms with Gasteiger partial charge in [0.1, 0.15) is 11.5 Å². The highest BCUT2D eigenvalue weighted by Crippen LogP contribution is 2.31. The molecule has 0 aliphatic rings. The summed E-state index contributed by atoms with van der Waals surface area (Å²) in [5.74, 6) is 2.09. The number of benzene rings is 2. The standard InChI is InChI=1S/C21H27NO5/c1-5-7-12-27-19-10-8-15(13-20(19)26-6-2)21(23)22-17-14-16(24-3)9-11-18(17)25-4/h8-11,13-14H,5-7,12H2,1-4H3,(H,22,23). The molecule has 6 nitrogen and oxygen atoms in total. The van der Waals surface area contributed by atoms with Crippen molar-refractivity contribution >= 4 is 11.6 Å². The molecule has 1 N–H and O–H groups in total. The molecule has 0 aliphatic carbocycles. The predicted molar refractivity (Wildman–Crippen MR) is 106 cm³/mol. The average molecular weight is 373 g/mol. The van der Waals surface area contributed by atoms with Gasteiger partial charge >= 0.3 is 0 Å². The highest BCUT2D eigenvalue weighted by atomic mass is 16.5. The van der Waals surface area contributed by atoms with Crippen LogP contribution in [0.4, 0.5) is 5.69 Å². The van der Waals surface area contributed by atoms with Crippen LogP contribution in [0.5, 0.6) is 23.0 Å². The third-order valence-corrected chi connectivity index (χ3v) is 3.92. The van der Waals surface area contributed by atoms with Crippen LogP contribution in [0.25, 0.3) is 0 Å². The molecular formula is C21H27NO5. The molecule has 27 heavy (non-hydrogen) atoms. The minimum absolute atomic E-state index is 0.275. The molecule has 0 atom stereocenters. The molecule has 146 valence electrons. The molecule has 2 rings (SSSR count). The second-order valence-corrected chi connectivity index (χ2v) is 5.82. The summed E-state index contributed by atoms with van der Waals surface area (Å²) in [6.45, 7) is 5.10. The van der Waals surface area contributed by atoms with Gasteiger partial charge in [0.05, 0.1) is 33.1 Å². The van der Waals surface area contributed by atoms with E-state index < -0.39 is 0 Å². The summed E-state index contributed by atoms with van der Waals surface area (Å²) in [7, 11) is 3.12. The number of carbonyl (C=O) groups is 1. The van der Waals surface area contributed by atoms with E-state index in [-0.39, 0.29) is 5.91 Å². The van der Waals surface area contributed by atoms with Crippen molar-refractivity contribution < 1.29 is 23.7 Å². The molecular weight excluding hydrogens is 346 g/mol. The van der Waals surface area contributed by atoms with Crippen molar-refractivity contribution in [2.45, 2.75) is 26.7 Å². The largest absolute Gasteiger partial charge is 0.497 e. The molecule has 2 aromatic rings. The van der Waals surface area contributed by atoms with E-state index in [0.29, 0.717) is 47.5 Å². The van der Waals surface area contributed by atoms with Crippen LogP contribution in [0.15, 0.2) is 36.4 Å². The normalized spacial score (nSPS) is 10.2. The first-order chi connectivity index (χ1) is 13.1. The van der Waals surface area contributed by atoms with Crippen molar-refractivity contribution in [3.8, 4) is 23.0 Å². The van der Waals surface area contributed by atoms with Gasteiger partial charge in [-0.15, -0.1) is 0 Å². The number of anilines is 1. The highest BCUT2D eigenvalue weighted by Gasteiger charge is 2.14. The quantitative estimate of drug-likeness (QED) is 0.620. The van der Waals surface area contributed by atoms with Gasteiger partial charge in [0.15, 0.2) is 11.5 Å². The fourth-order valence-corrected chi connectivity index (χ4v) is 2.47. The minimum atomic E-state index is -0.275. The Morgan fingerprint density at radius 3 is 2.37 bits per heavy atom. The molecule has 0 aromatic heterocycles. The number of hydrogen-bond donors (Lipinski definition) is 1. The first-order valence-corrected chi connectivity index (χ1v) is 9.05. The average Bonchev–Trinajstić information content (AvgIpc) is 2.69. The van der Waals surface area contributed by atoms with Crippen molar-refractivity contribution in [1.82, 2.24) is 0 Å². The third kappa shape index (κ3) is 5.54. The summed E-state index contributed by atoms with van der Waals surface area (Å²) in [5, 5.41) is 2.85. The lowest BCUT2D eigenvalue weighted by molar-refractivity contribution is 0.102. The number of unbranched alkanes of at least 4 members (excludes halogenated alkanes) is 1. The van der Waals surface area contributed by atoms with Gasteiger partial charge in [-0.1, -0.05) is 13.3 Å². The minimum Gasteiger partial charge on any atom is -0.497 e. The van der Waals surface area contributed by atoms with Crippen LogP contribution in [0.3, 0.4) is 0 Å². The molecule has 0 saturated carbocycles. The Morgan fingerprint density at radius 1 is 0.926 bits per heavy atom. The van der Waals surface area contributed by atoms with E-state index in [0.717, 1.165) is 12.8 Å². The molecule has 0 aliphatic heterocycles. The summed E-state index contributed by atoms with van der Waals surface area (Å²) < 4.78 is 21.9. The summed E-state index contributed by atoms with van der Waals surface area (Å²) in [5.41, 5.74) is 0.995. The zero-order valence-electron chi connectivity index (χ0n) is 16.3. The molecule has 0 saturated heterocycles. The number of amides is 1. The zero-order valence-corrected chi connectivity index (χ0v) is 16.3. The van der Waals surface area contributed by atoms with E-state index in [4.69, 9.17) is 18.9 Å². The fourth-order valence-electron chi connectivity index (χ4n) is 2.47. The molecule has 0 spiro atoms. The van der Waals surface area contributed by atoms with Crippen LogP contribution >= 0.6 is 0 Å². The Balaban J connectivity index is 2.22. The number of hydrogen-bond acceptors (Lipinski definition) is 5. The smallest absolute Gasteiger partial charge is 0.255 e. The summed E-state index contributed by atoms with van der Waals surface area (Å²) in [6, 6.07) is 10.4. The third-order valence-electron chi connectivity index (χ3n) is 3.92. The van der Waals surface area contributed by atoms with E-state index >= 15 is 0 Å². The van der Waals surface area contributed by atoms with Crippen molar-refractivity contribution in [3.05, 3.63) is 42.0 Å². The maximum absolute atomic E-state index is 12.7. The van der Waals surface area contributed by atoms with Gasteiger partial charge in [0, 0.05) is 11.6 Å². The Morgan fingerprint density at radius 2 is 1.70 bits per heavy atom. The Labute approximate surface area is 160 Å². The lowest BCUT2D eigenvalue weighted by atomic mass is 10.1. The Hall–Kier alpha value is -2.89. The zero-order chi connectivity index (χ0) is 19.6. The number of methoxy groups -OCH3 is 2. The second-order valence-electron chi connectivity index (χ2n) is 5.82. The Kier molecular flexibility index (Phi) is 7.79. The maximum atomic E-state index is 12.7. The molecule has 0 bridgehead atoms. The number of nitrogens with one attached hydrogen (secondary N) is 1. The number of rotatable bonds is 10. The van der Waals surface area contributed by atoms with E-state index in [2.05, 4.69) is 12.2 Å². The fraction of sp³-hybridized carbons (Fsp3) is 0.381. The molecule has 6 heteroatoms. The van der Waals surface area contributed by atoms with Crippen LogP contribution < -0.4 is 24.3 Å². The van der Waals surface area contributed by atoms with Gasteiger partial charge in [-0.25, -0.2) is 0 Å².